The maximum Gasteiger partial charge on any atom is 0.137 e. The van der Waals surface area contributed by atoms with E-state index in [1.165, 1.54) is 0 Å². The van der Waals surface area contributed by atoms with Gasteiger partial charge < -0.3 is 15.2 Å². The number of hydrogen-bond acceptors (Lipinski definition) is 3. The summed E-state index contributed by atoms with van der Waals surface area (Å²) < 4.78 is 5.10. The molecule has 0 amide bonds. The largest absolute Gasteiger partial charge is 0.495 e. The molecule has 1 saturated carbocycles. The smallest absolute Gasteiger partial charge is 0.137 e. The first kappa shape index (κ1) is 12.7. The van der Waals surface area contributed by atoms with Gasteiger partial charge in [0.1, 0.15) is 5.75 Å². The van der Waals surface area contributed by atoms with E-state index in [4.69, 9.17) is 16.3 Å². The molecule has 0 aliphatic heterocycles. The van der Waals surface area contributed by atoms with E-state index in [-0.39, 0.29) is 12.0 Å². The van der Waals surface area contributed by atoms with E-state index in [1.54, 1.807) is 7.11 Å². The van der Waals surface area contributed by atoms with Gasteiger partial charge in [-0.2, -0.15) is 0 Å². The van der Waals surface area contributed by atoms with Crippen molar-refractivity contribution in [1.29, 1.82) is 0 Å². The van der Waals surface area contributed by atoms with Crippen molar-refractivity contribution in [3.8, 4) is 5.75 Å². The molecule has 1 fully saturated rings. The SMILES string of the molecule is COc1ccc(CNCC2(CO)CC2)cc1Cl. The fourth-order valence-electron chi connectivity index (χ4n) is 1.86. The summed E-state index contributed by atoms with van der Waals surface area (Å²) in [6.07, 6.45) is 2.25. The Kier molecular flexibility index (Phi) is 3.92. The van der Waals surface area contributed by atoms with Crippen LogP contribution in [0.15, 0.2) is 18.2 Å². The third-order valence-corrected chi connectivity index (χ3v) is 3.63. The lowest BCUT2D eigenvalue weighted by Crippen LogP contribution is -2.26. The number of hydrogen-bond donors (Lipinski definition) is 2. The highest BCUT2D eigenvalue weighted by atomic mass is 35.5. The zero-order valence-electron chi connectivity index (χ0n) is 10.0. The van der Waals surface area contributed by atoms with Gasteiger partial charge in [0.05, 0.1) is 12.1 Å². The molecule has 1 aliphatic carbocycles. The van der Waals surface area contributed by atoms with Crippen molar-refractivity contribution in [2.45, 2.75) is 19.4 Å². The molecule has 0 heterocycles. The molecule has 2 N–H and O–H groups in total. The number of benzene rings is 1. The maximum absolute atomic E-state index is 9.19. The van der Waals surface area contributed by atoms with Gasteiger partial charge in [-0.1, -0.05) is 17.7 Å². The van der Waals surface area contributed by atoms with Crippen molar-refractivity contribution in [3.63, 3.8) is 0 Å². The van der Waals surface area contributed by atoms with Crippen molar-refractivity contribution in [2.75, 3.05) is 20.3 Å². The predicted molar refractivity (Wildman–Crippen MR) is 68.5 cm³/mol. The molecule has 17 heavy (non-hydrogen) atoms. The van der Waals surface area contributed by atoms with E-state index in [0.29, 0.717) is 10.8 Å². The summed E-state index contributed by atoms with van der Waals surface area (Å²) in [5.74, 6) is 0.699. The van der Waals surface area contributed by atoms with E-state index in [9.17, 15) is 5.11 Å². The number of rotatable bonds is 6. The molecule has 0 bridgehead atoms. The standard InChI is InChI=1S/C13H18ClNO2/c1-17-12-3-2-10(6-11(12)14)7-15-8-13(9-16)4-5-13/h2-3,6,15-16H,4-5,7-9H2,1H3. The Balaban J connectivity index is 1.85. The van der Waals surface area contributed by atoms with Gasteiger partial charge in [0, 0.05) is 25.1 Å². The van der Waals surface area contributed by atoms with Gasteiger partial charge in [-0.25, -0.2) is 0 Å². The number of aliphatic hydroxyl groups excluding tert-OH is 1. The lowest BCUT2D eigenvalue weighted by atomic mass is 10.1. The molecule has 0 saturated heterocycles. The van der Waals surface area contributed by atoms with E-state index >= 15 is 0 Å². The van der Waals surface area contributed by atoms with Crippen LogP contribution in [-0.4, -0.2) is 25.4 Å². The zero-order chi connectivity index (χ0) is 12.3. The Bertz CT molecular complexity index is 391. The van der Waals surface area contributed by atoms with Crippen molar-refractivity contribution in [3.05, 3.63) is 28.8 Å². The minimum Gasteiger partial charge on any atom is -0.495 e. The van der Waals surface area contributed by atoms with Gasteiger partial charge in [0.15, 0.2) is 0 Å². The molecule has 1 aromatic carbocycles. The van der Waals surface area contributed by atoms with Crippen LogP contribution in [-0.2, 0) is 6.54 Å². The van der Waals surface area contributed by atoms with Crippen molar-refractivity contribution >= 4 is 11.6 Å². The molecule has 0 radical (unpaired) electrons. The number of methoxy groups -OCH3 is 1. The fraction of sp³-hybridized carbons (Fsp3) is 0.538. The van der Waals surface area contributed by atoms with Gasteiger partial charge in [0.2, 0.25) is 0 Å². The maximum atomic E-state index is 9.19. The highest BCUT2D eigenvalue weighted by Crippen LogP contribution is 2.44. The summed E-state index contributed by atoms with van der Waals surface area (Å²) in [6, 6.07) is 5.78. The molecule has 0 spiro atoms. The molecule has 0 unspecified atom stereocenters. The number of ether oxygens (including phenoxy) is 1. The lowest BCUT2D eigenvalue weighted by molar-refractivity contribution is 0.207. The number of aliphatic hydroxyl groups is 1. The Labute approximate surface area is 107 Å². The van der Waals surface area contributed by atoms with Gasteiger partial charge in [-0.15, -0.1) is 0 Å². The van der Waals surface area contributed by atoms with Crippen molar-refractivity contribution < 1.29 is 9.84 Å². The number of halogens is 1. The molecular formula is C13H18ClNO2. The van der Waals surface area contributed by atoms with E-state index in [2.05, 4.69) is 5.32 Å². The van der Waals surface area contributed by atoms with Crippen LogP contribution in [0.4, 0.5) is 0 Å². The summed E-state index contributed by atoms with van der Waals surface area (Å²) >= 11 is 6.05. The monoisotopic (exact) mass is 255 g/mol. The van der Waals surface area contributed by atoms with Crippen LogP contribution in [0.3, 0.4) is 0 Å². The third kappa shape index (κ3) is 3.12. The van der Waals surface area contributed by atoms with Crippen molar-refractivity contribution in [2.24, 2.45) is 5.41 Å². The van der Waals surface area contributed by atoms with Crippen LogP contribution in [0, 0.1) is 5.41 Å². The molecular weight excluding hydrogens is 238 g/mol. The van der Waals surface area contributed by atoms with Gasteiger partial charge in [-0.05, 0) is 30.5 Å². The van der Waals surface area contributed by atoms with E-state index in [1.807, 2.05) is 18.2 Å². The summed E-state index contributed by atoms with van der Waals surface area (Å²) in [5, 5.41) is 13.2. The highest BCUT2D eigenvalue weighted by Gasteiger charge is 2.41. The van der Waals surface area contributed by atoms with Crippen molar-refractivity contribution in [1.82, 2.24) is 5.32 Å². The molecule has 4 heteroatoms. The average Bonchev–Trinajstić information content (AvgIpc) is 3.10. The predicted octanol–water partition coefficient (Wildman–Crippen LogP) is 2.21. The summed E-state index contributed by atoms with van der Waals surface area (Å²) in [4.78, 5) is 0. The Hall–Kier alpha value is -0.770. The first-order valence-electron chi connectivity index (χ1n) is 5.83. The second-order valence-corrected chi connectivity index (χ2v) is 5.14. The Morgan fingerprint density at radius 3 is 2.76 bits per heavy atom. The minimum absolute atomic E-state index is 0.149. The zero-order valence-corrected chi connectivity index (χ0v) is 10.8. The van der Waals surface area contributed by atoms with Gasteiger partial charge in [0.25, 0.3) is 0 Å². The minimum atomic E-state index is 0.149. The highest BCUT2D eigenvalue weighted by molar-refractivity contribution is 6.32. The van der Waals surface area contributed by atoms with Crippen LogP contribution >= 0.6 is 11.6 Å². The normalized spacial score (nSPS) is 16.9. The average molecular weight is 256 g/mol. The molecule has 0 aromatic heterocycles. The van der Waals surface area contributed by atoms with E-state index < -0.39 is 0 Å². The van der Waals surface area contributed by atoms with Gasteiger partial charge >= 0.3 is 0 Å². The fourth-order valence-corrected chi connectivity index (χ4v) is 2.14. The Morgan fingerprint density at radius 1 is 1.47 bits per heavy atom. The number of nitrogens with one attached hydrogen (secondary N) is 1. The molecule has 1 aromatic rings. The van der Waals surface area contributed by atoms with Crippen LogP contribution in [0.5, 0.6) is 5.75 Å². The molecule has 2 rings (SSSR count). The second-order valence-electron chi connectivity index (χ2n) is 4.73. The second kappa shape index (κ2) is 5.25. The Morgan fingerprint density at radius 2 is 2.24 bits per heavy atom. The van der Waals surface area contributed by atoms with Gasteiger partial charge in [-0.3, -0.25) is 0 Å². The first-order chi connectivity index (χ1) is 8.19. The molecule has 3 nitrogen and oxygen atoms in total. The summed E-state index contributed by atoms with van der Waals surface area (Å²) in [5.41, 5.74) is 1.28. The molecule has 94 valence electrons. The summed E-state index contributed by atoms with van der Waals surface area (Å²) in [6.45, 7) is 1.92. The quantitative estimate of drug-likeness (QED) is 0.819. The van der Waals surface area contributed by atoms with Crippen LogP contribution < -0.4 is 10.1 Å². The van der Waals surface area contributed by atoms with Crippen LogP contribution in [0.1, 0.15) is 18.4 Å². The van der Waals surface area contributed by atoms with E-state index in [0.717, 1.165) is 31.5 Å². The topological polar surface area (TPSA) is 41.5 Å². The molecule has 0 atom stereocenters. The van der Waals surface area contributed by atoms with Crippen LogP contribution in [0.25, 0.3) is 0 Å². The lowest BCUT2D eigenvalue weighted by Gasteiger charge is -2.13. The third-order valence-electron chi connectivity index (χ3n) is 3.34. The summed E-state index contributed by atoms with van der Waals surface area (Å²) in [7, 11) is 1.61. The molecule has 1 aliphatic rings. The first-order valence-corrected chi connectivity index (χ1v) is 6.21. The van der Waals surface area contributed by atoms with Crippen LogP contribution in [0.2, 0.25) is 5.02 Å².